The summed E-state index contributed by atoms with van der Waals surface area (Å²) in [5.74, 6) is -1.23. The molecule has 116 valence electrons. The van der Waals surface area contributed by atoms with E-state index in [1.54, 1.807) is 0 Å². The van der Waals surface area contributed by atoms with Crippen LogP contribution < -0.4 is 10.5 Å². The largest absolute Gasteiger partial charge is 0.481 e. The van der Waals surface area contributed by atoms with Crippen LogP contribution in [0.25, 0.3) is 0 Å². The second-order valence-electron chi connectivity index (χ2n) is 5.13. The summed E-state index contributed by atoms with van der Waals surface area (Å²) in [4.78, 5) is 18.9. The van der Waals surface area contributed by atoms with Crippen molar-refractivity contribution in [1.29, 1.82) is 0 Å². The Balaban J connectivity index is 2.11. The third-order valence-electron chi connectivity index (χ3n) is 3.69. The SMILES string of the molecule is NS(=O)(=O)c1nccnc1NC[C@@H]1CCCC[C@@H]1C(=O)O. The van der Waals surface area contributed by atoms with Gasteiger partial charge in [0.05, 0.1) is 5.92 Å². The van der Waals surface area contributed by atoms with Gasteiger partial charge in [0.15, 0.2) is 5.82 Å². The number of nitrogens with two attached hydrogens (primary N) is 1. The highest BCUT2D eigenvalue weighted by atomic mass is 32.2. The standard InChI is InChI=1S/C12H18N4O4S/c13-21(19,20)11-10(14-5-6-15-11)16-7-8-3-1-2-4-9(8)12(17)18/h5-6,8-9H,1-4,7H2,(H,14,16)(H,17,18)(H2,13,19,20)/t8-,9-/m0/s1. The molecule has 0 aliphatic heterocycles. The van der Waals surface area contributed by atoms with Crippen LogP contribution in [0.3, 0.4) is 0 Å². The number of carboxylic acid groups (broad SMARTS) is 1. The minimum Gasteiger partial charge on any atom is -0.481 e. The van der Waals surface area contributed by atoms with Crippen LogP contribution in [-0.2, 0) is 14.8 Å². The van der Waals surface area contributed by atoms with E-state index in [9.17, 15) is 18.3 Å². The zero-order valence-electron chi connectivity index (χ0n) is 11.4. The van der Waals surface area contributed by atoms with Crippen molar-refractivity contribution >= 4 is 21.8 Å². The van der Waals surface area contributed by atoms with Gasteiger partial charge < -0.3 is 10.4 Å². The summed E-state index contributed by atoms with van der Waals surface area (Å²) in [6, 6.07) is 0. The summed E-state index contributed by atoms with van der Waals surface area (Å²) >= 11 is 0. The first kappa shape index (κ1) is 15.6. The number of anilines is 1. The van der Waals surface area contributed by atoms with Crippen molar-refractivity contribution in [2.24, 2.45) is 17.0 Å². The first-order valence-electron chi connectivity index (χ1n) is 6.70. The van der Waals surface area contributed by atoms with Crippen LogP contribution in [0.5, 0.6) is 0 Å². The summed E-state index contributed by atoms with van der Waals surface area (Å²) in [7, 11) is -3.97. The summed E-state index contributed by atoms with van der Waals surface area (Å²) in [5, 5.41) is 16.8. The van der Waals surface area contributed by atoms with E-state index in [0.717, 1.165) is 19.3 Å². The van der Waals surface area contributed by atoms with Crippen molar-refractivity contribution in [3.8, 4) is 0 Å². The normalized spacial score (nSPS) is 22.7. The number of nitrogens with one attached hydrogen (secondary N) is 1. The summed E-state index contributed by atoms with van der Waals surface area (Å²) in [6.45, 7) is 0.332. The number of sulfonamides is 1. The minimum absolute atomic E-state index is 0.0633. The molecule has 1 heterocycles. The first-order valence-corrected chi connectivity index (χ1v) is 8.24. The van der Waals surface area contributed by atoms with Gasteiger partial charge in [0.25, 0.3) is 10.0 Å². The zero-order chi connectivity index (χ0) is 15.5. The predicted molar refractivity (Wildman–Crippen MR) is 75.0 cm³/mol. The summed E-state index contributed by atoms with van der Waals surface area (Å²) < 4.78 is 22.8. The molecule has 1 aliphatic carbocycles. The molecule has 1 aromatic heterocycles. The molecule has 0 unspecified atom stereocenters. The quantitative estimate of drug-likeness (QED) is 0.717. The van der Waals surface area contributed by atoms with Crippen molar-refractivity contribution in [3.63, 3.8) is 0 Å². The lowest BCUT2D eigenvalue weighted by Gasteiger charge is -2.28. The van der Waals surface area contributed by atoms with Crippen molar-refractivity contribution in [2.75, 3.05) is 11.9 Å². The van der Waals surface area contributed by atoms with Crippen LogP contribution in [0.4, 0.5) is 5.82 Å². The average Bonchev–Trinajstić information content (AvgIpc) is 2.44. The van der Waals surface area contributed by atoms with Gasteiger partial charge in [0, 0.05) is 18.9 Å². The Bertz CT molecular complexity index is 619. The number of primary sulfonamides is 1. The Kier molecular flexibility index (Phi) is 4.73. The Morgan fingerprint density at radius 3 is 2.67 bits per heavy atom. The highest BCUT2D eigenvalue weighted by Crippen LogP contribution is 2.30. The summed E-state index contributed by atoms with van der Waals surface area (Å²) in [6.07, 6.45) is 5.90. The number of hydrogen-bond donors (Lipinski definition) is 3. The second kappa shape index (κ2) is 6.35. The van der Waals surface area contributed by atoms with E-state index in [1.165, 1.54) is 12.4 Å². The fourth-order valence-corrected chi connectivity index (χ4v) is 3.26. The van der Waals surface area contributed by atoms with Crippen LogP contribution in [0.15, 0.2) is 17.4 Å². The molecule has 0 spiro atoms. The molecular formula is C12H18N4O4S. The number of aromatic nitrogens is 2. The van der Waals surface area contributed by atoms with E-state index in [4.69, 9.17) is 5.14 Å². The van der Waals surface area contributed by atoms with Crippen molar-refractivity contribution in [1.82, 2.24) is 9.97 Å². The van der Waals surface area contributed by atoms with Gasteiger partial charge in [-0.15, -0.1) is 0 Å². The Morgan fingerprint density at radius 2 is 2.00 bits per heavy atom. The van der Waals surface area contributed by atoms with Crippen LogP contribution in [0, 0.1) is 11.8 Å². The summed E-state index contributed by atoms with van der Waals surface area (Å²) in [5.41, 5.74) is 0. The maximum Gasteiger partial charge on any atom is 0.306 e. The number of nitrogens with zero attached hydrogens (tertiary/aromatic N) is 2. The molecule has 1 aromatic rings. The van der Waals surface area contributed by atoms with Gasteiger partial charge >= 0.3 is 5.97 Å². The van der Waals surface area contributed by atoms with Gasteiger partial charge in [-0.1, -0.05) is 12.8 Å². The van der Waals surface area contributed by atoms with Gasteiger partial charge in [-0.25, -0.2) is 23.5 Å². The molecule has 0 saturated heterocycles. The lowest BCUT2D eigenvalue weighted by Crippen LogP contribution is -2.32. The molecule has 1 fully saturated rings. The Hall–Kier alpha value is -1.74. The number of carbonyl (C=O) groups is 1. The monoisotopic (exact) mass is 314 g/mol. The Labute approximate surface area is 122 Å². The van der Waals surface area contributed by atoms with Gasteiger partial charge in [0.2, 0.25) is 5.03 Å². The van der Waals surface area contributed by atoms with Crippen molar-refractivity contribution < 1.29 is 18.3 Å². The smallest absolute Gasteiger partial charge is 0.306 e. The molecule has 9 heteroatoms. The Morgan fingerprint density at radius 1 is 1.33 bits per heavy atom. The molecule has 1 saturated carbocycles. The van der Waals surface area contributed by atoms with Gasteiger partial charge in [-0.2, -0.15) is 0 Å². The molecule has 0 amide bonds. The number of rotatable bonds is 5. The van der Waals surface area contributed by atoms with Crippen LogP contribution in [0.2, 0.25) is 0 Å². The number of aliphatic carboxylic acids is 1. The second-order valence-corrected chi connectivity index (χ2v) is 6.60. The molecule has 2 rings (SSSR count). The highest BCUT2D eigenvalue weighted by Gasteiger charge is 2.31. The first-order chi connectivity index (χ1) is 9.89. The number of hydrogen-bond acceptors (Lipinski definition) is 6. The molecule has 4 N–H and O–H groups in total. The minimum atomic E-state index is -3.97. The average molecular weight is 314 g/mol. The van der Waals surface area contributed by atoms with Crippen LogP contribution in [-0.4, -0.2) is 36.0 Å². The third kappa shape index (κ3) is 3.88. The van der Waals surface area contributed by atoms with Gasteiger partial charge in [0.1, 0.15) is 0 Å². The number of carboxylic acids is 1. The van der Waals surface area contributed by atoms with Crippen LogP contribution in [0.1, 0.15) is 25.7 Å². The molecule has 21 heavy (non-hydrogen) atoms. The van der Waals surface area contributed by atoms with E-state index >= 15 is 0 Å². The van der Waals surface area contributed by atoms with Gasteiger partial charge in [-0.05, 0) is 18.8 Å². The molecule has 8 nitrogen and oxygen atoms in total. The fourth-order valence-electron chi connectivity index (χ4n) is 2.66. The zero-order valence-corrected chi connectivity index (χ0v) is 12.2. The maximum absolute atomic E-state index is 11.4. The van der Waals surface area contributed by atoms with Gasteiger partial charge in [-0.3, -0.25) is 4.79 Å². The molecule has 0 aromatic carbocycles. The van der Waals surface area contributed by atoms with E-state index in [-0.39, 0.29) is 16.8 Å². The van der Waals surface area contributed by atoms with E-state index in [0.29, 0.717) is 13.0 Å². The van der Waals surface area contributed by atoms with Crippen LogP contribution >= 0.6 is 0 Å². The highest BCUT2D eigenvalue weighted by molar-refractivity contribution is 7.89. The molecule has 0 radical (unpaired) electrons. The lowest BCUT2D eigenvalue weighted by atomic mass is 9.79. The lowest BCUT2D eigenvalue weighted by molar-refractivity contribution is -0.144. The van der Waals surface area contributed by atoms with E-state index in [2.05, 4.69) is 15.3 Å². The third-order valence-corrected chi connectivity index (χ3v) is 4.53. The van der Waals surface area contributed by atoms with E-state index in [1.807, 2.05) is 0 Å². The fraction of sp³-hybridized carbons (Fsp3) is 0.583. The van der Waals surface area contributed by atoms with Crippen molar-refractivity contribution in [2.45, 2.75) is 30.7 Å². The molecule has 0 bridgehead atoms. The predicted octanol–water partition coefficient (Wildman–Crippen LogP) is 0.427. The molecular weight excluding hydrogens is 296 g/mol. The van der Waals surface area contributed by atoms with E-state index < -0.39 is 21.9 Å². The molecule has 2 atom stereocenters. The topological polar surface area (TPSA) is 135 Å². The van der Waals surface area contributed by atoms with Crippen molar-refractivity contribution in [3.05, 3.63) is 12.4 Å². The maximum atomic E-state index is 11.4. The molecule has 1 aliphatic rings.